The minimum Gasteiger partial charge on any atom is -0.440 e. The highest BCUT2D eigenvalue weighted by Gasteiger charge is 2.19. The van der Waals surface area contributed by atoms with E-state index in [-0.39, 0.29) is 0 Å². The molecule has 2 rings (SSSR count). The first-order chi connectivity index (χ1) is 8.62. The molecular weight excluding hydrogens is 245 g/mol. The van der Waals surface area contributed by atoms with Crippen molar-refractivity contribution in [1.29, 1.82) is 5.26 Å². The van der Waals surface area contributed by atoms with Crippen LogP contribution in [0.1, 0.15) is 5.56 Å². The molecule has 0 radical (unpaired) electrons. The molecule has 4 heteroatoms. The van der Waals surface area contributed by atoms with Crippen LogP contribution in [0.3, 0.4) is 0 Å². The molecule has 0 N–H and O–H groups in total. The average Bonchev–Trinajstić information content (AvgIpc) is 2.40. The molecule has 3 nitrogen and oxygen atoms in total. The number of benzene rings is 2. The van der Waals surface area contributed by atoms with E-state index in [4.69, 9.17) is 9.79 Å². The molecule has 0 saturated carbocycles. The molecule has 0 bridgehead atoms. The number of hydrogen-bond donors (Lipinski definition) is 0. The van der Waals surface area contributed by atoms with Crippen LogP contribution in [0.15, 0.2) is 54.6 Å². The lowest BCUT2D eigenvalue weighted by Crippen LogP contribution is -2.07. The first-order valence-corrected chi connectivity index (χ1v) is 7.52. The van der Waals surface area contributed by atoms with Crippen LogP contribution in [0.25, 0.3) is 0 Å². The van der Waals surface area contributed by atoms with E-state index in [1.807, 2.05) is 24.3 Å². The Morgan fingerprint density at radius 3 is 2.22 bits per heavy atom. The lowest BCUT2D eigenvalue weighted by molar-refractivity contribution is 0.498. The summed E-state index contributed by atoms with van der Waals surface area (Å²) in [7, 11) is -2.87. The van der Waals surface area contributed by atoms with Crippen molar-refractivity contribution < 1.29 is 9.09 Å². The van der Waals surface area contributed by atoms with Crippen LogP contribution in [0, 0.1) is 11.3 Å². The second-order valence-corrected chi connectivity index (χ2v) is 6.30. The fourth-order valence-corrected chi connectivity index (χ4v) is 2.89. The zero-order valence-corrected chi connectivity index (χ0v) is 10.8. The van der Waals surface area contributed by atoms with E-state index >= 15 is 0 Å². The molecule has 0 unspecified atom stereocenters. The Kier molecular flexibility index (Phi) is 3.50. The summed E-state index contributed by atoms with van der Waals surface area (Å²) in [6.45, 7) is 1.58. The maximum absolute atomic E-state index is 12.5. The molecule has 0 aliphatic heterocycles. The van der Waals surface area contributed by atoms with Gasteiger partial charge in [-0.25, -0.2) is 0 Å². The first-order valence-electron chi connectivity index (χ1n) is 5.45. The summed E-state index contributed by atoms with van der Waals surface area (Å²) < 4.78 is 18.0. The van der Waals surface area contributed by atoms with E-state index in [0.717, 1.165) is 0 Å². The molecule has 0 aliphatic rings. The third kappa shape index (κ3) is 2.80. The zero-order valence-electron chi connectivity index (χ0n) is 9.91. The average molecular weight is 257 g/mol. The number of hydrogen-bond acceptors (Lipinski definition) is 3. The second-order valence-electron chi connectivity index (χ2n) is 3.91. The van der Waals surface area contributed by atoms with Crippen molar-refractivity contribution in [3.8, 4) is 11.8 Å². The van der Waals surface area contributed by atoms with Crippen LogP contribution in [-0.4, -0.2) is 6.66 Å². The normalized spacial score (nSPS) is 13.3. The van der Waals surface area contributed by atoms with Crippen LogP contribution in [-0.2, 0) is 4.57 Å². The zero-order chi connectivity index (χ0) is 13.0. The molecule has 0 aliphatic carbocycles. The highest BCUT2D eigenvalue weighted by molar-refractivity contribution is 7.66. The Hall–Kier alpha value is -2.04. The molecule has 90 valence electrons. The molecule has 2 aromatic carbocycles. The largest absolute Gasteiger partial charge is 0.440 e. The fraction of sp³-hybridized carbons (Fsp3) is 0.0714. The second kappa shape index (κ2) is 5.08. The predicted octanol–water partition coefficient (Wildman–Crippen LogP) is 3.17. The smallest absolute Gasteiger partial charge is 0.274 e. The van der Waals surface area contributed by atoms with Crippen LogP contribution in [0.2, 0.25) is 0 Å². The summed E-state index contributed by atoms with van der Waals surface area (Å²) in [6.07, 6.45) is 0. The van der Waals surface area contributed by atoms with Crippen LogP contribution >= 0.6 is 7.37 Å². The summed E-state index contributed by atoms with van der Waals surface area (Å²) in [4.78, 5) is 0. The van der Waals surface area contributed by atoms with Gasteiger partial charge in [0.2, 0.25) is 0 Å². The van der Waals surface area contributed by atoms with E-state index < -0.39 is 7.37 Å². The number of rotatable bonds is 3. The third-order valence-corrected chi connectivity index (χ3v) is 4.28. The molecule has 0 spiro atoms. The van der Waals surface area contributed by atoms with Gasteiger partial charge in [-0.05, 0) is 36.4 Å². The highest BCUT2D eigenvalue weighted by atomic mass is 31.2. The molecule has 0 heterocycles. The maximum Gasteiger partial charge on any atom is 0.274 e. The Balaban J connectivity index is 2.23. The fourth-order valence-electron chi connectivity index (χ4n) is 1.54. The molecule has 0 fully saturated rings. The third-order valence-electron chi connectivity index (χ3n) is 2.49. The standard InChI is InChI=1S/C14H12NO2P/c1-18(16,14-5-3-2-4-6-14)17-13-9-7-12(11-15)8-10-13/h2-10H,1H3/t18-/m1/s1. The Morgan fingerprint density at radius 1 is 1.06 bits per heavy atom. The molecular formula is C14H12NO2P. The van der Waals surface area contributed by atoms with Gasteiger partial charge < -0.3 is 4.52 Å². The van der Waals surface area contributed by atoms with E-state index in [2.05, 4.69) is 0 Å². The topological polar surface area (TPSA) is 50.1 Å². The van der Waals surface area contributed by atoms with Gasteiger partial charge in [0.25, 0.3) is 7.37 Å². The maximum atomic E-state index is 12.5. The quantitative estimate of drug-likeness (QED) is 0.793. The lowest BCUT2D eigenvalue weighted by Gasteiger charge is -2.15. The Bertz CT molecular complexity index is 614. The van der Waals surface area contributed by atoms with Gasteiger partial charge in [-0.3, -0.25) is 4.57 Å². The van der Waals surface area contributed by atoms with Crippen molar-refractivity contribution in [1.82, 2.24) is 0 Å². The Labute approximate surface area is 106 Å². The van der Waals surface area contributed by atoms with Gasteiger partial charge in [0, 0.05) is 12.0 Å². The summed E-state index contributed by atoms with van der Waals surface area (Å²) >= 11 is 0. The predicted molar refractivity (Wildman–Crippen MR) is 71.4 cm³/mol. The van der Waals surface area contributed by atoms with Gasteiger partial charge >= 0.3 is 0 Å². The molecule has 0 aromatic heterocycles. The van der Waals surface area contributed by atoms with Gasteiger partial charge in [0.15, 0.2) is 0 Å². The summed E-state index contributed by atoms with van der Waals surface area (Å²) in [5.74, 6) is 0.503. The summed E-state index contributed by atoms with van der Waals surface area (Å²) in [5, 5.41) is 9.37. The van der Waals surface area contributed by atoms with Crippen molar-refractivity contribution in [3.05, 3.63) is 60.2 Å². The van der Waals surface area contributed by atoms with Crippen LogP contribution < -0.4 is 9.83 Å². The van der Waals surface area contributed by atoms with E-state index in [1.54, 1.807) is 43.1 Å². The minimum atomic E-state index is -2.87. The Morgan fingerprint density at radius 2 is 1.67 bits per heavy atom. The first kappa shape index (κ1) is 12.4. The molecule has 1 atom stereocenters. The van der Waals surface area contributed by atoms with E-state index in [9.17, 15) is 4.57 Å². The van der Waals surface area contributed by atoms with Gasteiger partial charge in [0.05, 0.1) is 11.6 Å². The minimum absolute atomic E-state index is 0.503. The number of nitrogens with zero attached hydrogens (tertiary/aromatic N) is 1. The van der Waals surface area contributed by atoms with E-state index in [0.29, 0.717) is 16.6 Å². The molecule has 0 amide bonds. The highest BCUT2D eigenvalue weighted by Crippen LogP contribution is 2.41. The van der Waals surface area contributed by atoms with Crippen molar-refractivity contribution in [2.45, 2.75) is 0 Å². The molecule has 2 aromatic rings. The van der Waals surface area contributed by atoms with Gasteiger partial charge in [-0.2, -0.15) is 5.26 Å². The van der Waals surface area contributed by atoms with Crippen molar-refractivity contribution in [2.24, 2.45) is 0 Å². The summed E-state index contributed by atoms with van der Waals surface area (Å²) in [6, 6.07) is 17.7. The van der Waals surface area contributed by atoms with Crippen molar-refractivity contribution >= 4 is 12.7 Å². The lowest BCUT2D eigenvalue weighted by atomic mass is 10.2. The SMILES string of the molecule is C[P@@](=O)(Oc1ccc(C#N)cc1)c1ccccc1. The monoisotopic (exact) mass is 257 g/mol. The van der Waals surface area contributed by atoms with Crippen LogP contribution in [0.5, 0.6) is 5.75 Å². The van der Waals surface area contributed by atoms with E-state index in [1.165, 1.54) is 0 Å². The van der Waals surface area contributed by atoms with Gasteiger partial charge in [0.1, 0.15) is 5.75 Å². The van der Waals surface area contributed by atoms with Crippen molar-refractivity contribution in [3.63, 3.8) is 0 Å². The number of nitriles is 1. The van der Waals surface area contributed by atoms with Crippen LogP contribution in [0.4, 0.5) is 0 Å². The van der Waals surface area contributed by atoms with Crippen molar-refractivity contribution in [2.75, 3.05) is 6.66 Å². The van der Waals surface area contributed by atoms with Gasteiger partial charge in [-0.15, -0.1) is 0 Å². The van der Waals surface area contributed by atoms with Gasteiger partial charge in [-0.1, -0.05) is 18.2 Å². The summed E-state index contributed by atoms with van der Waals surface area (Å²) in [5.41, 5.74) is 0.549. The molecule has 0 saturated heterocycles. The molecule has 18 heavy (non-hydrogen) atoms.